The Hall–Kier alpha value is -1.45. The monoisotopic (exact) mass is 306 g/mol. The molecule has 1 fully saturated rings. The first-order valence-electron chi connectivity index (χ1n) is 7.56. The first-order valence-corrected chi connectivity index (χ1v) is 7.56. The molecular weight excluding hydrogens is 283 g/mol. The van der Waals surface area contributed by atoms with Crippen LogP contribution in [0.3, 0.4) is 0 Å². The molecule has 1 aromatic rings. The Kier molecular flexibility index (Phi) is 6.81. The van der Waals surface area contributed by atoms with Crippen LogP contribution in [0.15, 0.2) is 24.3 Å². The Bertz CT molecular complexity index is 496. The molecule has 0 aromatic heterocycles. The zero-order valence-corrected chi connectivity index (χ0v) is 12.7. The number of terminal acetylenes is 1. The average Bonchev–Trinajstić information content (AvgIpc) is 2.51. The first-order chi connectivity index (χ1) is 10.7. The molecule has 120 valence electrons. The highest BCUT2D eigenvalue weighted by Crippen LogP contribution is 2.08. The van der Waals surface area contributed by atoms with Crippen LogP contribution >= 0.6 is 0 Å². The molecule has 0 aliphatic carbocycles. The minimum absolute atomic E-state index is 0.180. The fourth-order valence-corrected chi connectivity index (χ4v) is 2.53. The molecule has 4 nitrogen and oxygen atoms in total. The molecule has 1 aliphatic rings. The molecule has 1 atom stereocenters. The number of ether oxygens (including phenoxy) is 1. The average molecular weight is 306 g/mol. The maximum Gasteiger partial charge on any atom is 0.128 e. The highest BCUT2D eigenvalue weighted by molar-refractivity contribution is 5.16. The molecule has 1 aliphatic heterocycles. The molecule has 1 saturated heterocycles. The van der Waals surface area contributed by atoms with Gasteiger partial charge in [-0.2, -0.15) is 0 Å². The van der Waals surface area contributed by atoms with E-state index < -0.39 is 6.10 Å². The molecule has 5 heteroatoms. The van der Waals surface area contributed by atoms with Gasteiger partial charge in [0.15, 0.2) is 0 Å². The summed E-state index contributed by atoms with van der Waals surface area (Å²) in [6, 6.07) is 6.51. The van der Waals surface area contributed by atoms with Crippen LogP contribution in [0.5, 0.6) is 0 Å². The van der Waals surface area contributed by atoms with Gasteiger partial charge in [0, 0.05) is 38.3 Å². The SMILES string of the molecule is C#CCN1CCN(CC(O)COCc2ccccc2F)CC1. The number of halogens is 1. The number of aliphatic hydroxyl groups excluding tert-OH is 1. The molecular formula is C17H23FN2O2. The van der Waals surface area contributed by atoms with Crippen molar-refractivity contribution in [2.75, 3.05) is 45.9 Å². The lowest BCUT2D eigenvalue weighted by atomic mass is 10.2. The lowest BCUT2D eigenvalue weighted by molar-refractivity contribution is 0.00161. The maximum atomic E-state index is 13.4. The van der Waals surface area contributed by atoms with Gasteiger partial charge < -0.3 is 9.84 Å². The number of nitrogens with zero attached hydrogens (tertiary/aromatic N) is 2. The van der Waals surface area contributed by atoms with Crippen LogP contribution in [0, 0.1) is 18.2 Å². The van der Waals surface area contributed by atoms with Gasteiger partial charge in [-0.3, -0.25) is 9.80 Å². The molecule has 0 radical (unpaired) electrons. The predicted octanol–water partition coefficient (Wildman–Crippen LogP) is 0.954. The highest BCUT2D eigenvalue weighted by atomic mass is 19.1. The van der Waals surface area contributed by atoms with Gasteiger partial charge in [-0.05, 0) is 6.07 Å². The van der Waals surface area contributed by atoms with Crippen molar-refractivity contribution in [1.29, 1.82) is 0 Å². The van der Waals surface area contributed by atoms with E-state index in [1.807, 2.05) is 0 Å². The van der Waals surface area contributed by atoms with Crippen LogP contribution in [0.2, 0.25) is 0 Å². The highest BCUT2D eigenvalue weighted by Gasteiger charge is 2.18. The summed E-state index contributed by atoms with van der Waals surface area (Å²) in [7, 11) is 0. The van der Waals surface area contributed by atoms with Crippen LogP contribution in [0.25, 0.3) is 0 Å². The Balaban J connectivity index is 1.63. The zero-order valence-electron chi connectivity index (χ0n) is 12.7. The van der Waals surface area contributed by atoms with E-state index in [0.29, 0.717) is 18.7 Å². The maximum absolute atomic E-state index is 13.4. The van der Waals surface area contributed by atoms with E-state index in [0.717, 1.165) is 26.2 Å². The Morgan fingerprint density at radius 1 is 1.23 bits per heavy atom. The van der Waals surface area contributed by atoms with E-state index in [1.165, 1.54) is 6.07 Å². The van der Waals surface area contributed by atoms with Gasteiger partial charge in [0.25, 0.3) is 0 Å². The largest absolute Gasteiger partial charge is 0.389 e. The fourth-order valence-electron chi connectivity index (χ4n) is 2.53. The second-order valence-corrected chi connectivity index (χ2v) is 5.54. The minimum Gasteiger partial charge on any atom is -0.389 e. The summed E-state index contributed by atoms with van der Waals surface area (Å²) in [6.07, 6.45) is 4.74. The second-order valence-electron chi connectivity index (χ2n) is 5.54. The van der Waals surface area contributed by atoms with Crippen molar-refractivity contribution in [2.24, 2.45) is 0 Å². The molecule has 1 N–H and O–H groups in total. The first kappa shape index (κ1) is 16.9. The number of piperazine rings is 1. The third-order valence-corrected chi connectivity index (χ3v) is 3.77. The number of aliphatic hydroxyl groups is 1. The van der Waals surface area contributed by atoms with E-state index >= 15 is 0 Å². The van der Waals surface area contributed by atoms with Crippen molar-refractivity contribution in [3.05, 3.63) is 35.6 Å². The number of benzene rings is 1. The van der Waals surface area contributed by atoms with E-state index in [9.17, 15) is 9.50 Å². The van der Waals surface area contributed by atoms with Crippen LogP contribution in [0.1, 0.15) is 5.56 Å². The minimum atomic E-state index is -0.564. The van der Waals surface area contributed by atoms with Gasteiger partial charge in [0.2, 0.25) is 0 Å². The lowest BCUT2D eigenvalue weighted by Gasteiger charge is -2.34. The van der Waals surface area contributed by atoms with Crippen LogP contribution < -0.4 is 0 Å². The summed E-state index contributed by atoms with van der Waals surface area (Å²) < 4.78 is 18.8. The Morgan fingerprint density at radius 2 is 1.91 bits per heavy atom. The second kappa shape index (κ2) is 8.86. The van der Waals surface area contributed by atoms with E-state index in [4.69, 9.17) is 11.2 Å². The van der Waals surface area contributed by atoms with Crippen molar-refractivity contribution >= 4 is 0 Å². The van der Waals surface area contributed by atoms with Crippen LogP contribution in [-0.4, -0.2) is 66.9 Å². The molecule has 1 heterocycles. The number of rotatable bonds is 7. The van der Waals surface area contributed by atoms with E-state index in [1.54, 1.807) is 18.2 Å². The molecule has 0 saturated carbocycles. The third kappa shape index (κ3) is 5.39. The smallest absolute Gasteiger partial charge is 0.128 e. The number of hydrogen-bond donors (Lipinski definition) is 1. The Labute approximate surface area is 131 Å². The number of β-amino-alcohol motifs (C(OH)–C–C–N with tert-alkyl or cyclic N) is 1. The van der Waals surface area contributed by atoms with Gasteiger partial charge in [-0.1, -0.05) is 24.1 Å². The van der Waals surface area contributed by atoms with Gasteiger partial charge in [0.1, 0.15) is 5.82 Å². The fraction of sp³-hybridized carbons (Fsp3) is 0.529. The summed E-state index contributed by atoms with van der Waals surface area (Å²) in [5, 5.41) is 10.0. The topological polar surface area (TPSA) is 35.9 Å². The van der Waals surface area contributed by atoms with Gasteiger partial charge in [-0.25, -0.2) is 4.39 Å². The normalized spacial score (nSPS) is 18.0. The summed E-state index contributed by atoms with van der Waals surface area (Å²) in [5.74, 6) is 2.37. The van der Waals surface area contributed by atoms with Crippen LogP contribution in [0.4, 0.5) is 4.39 Å². The van der Waals surface area contributed by atoms with E-state index in [-0.39, 0.29) is 19.0 Å². The summed E-state index contributed by atoms with van der Waals surface area (Å²) in [4.78, 5) is 4.42. The van der Waals surface area contributed by atoms with Gasteiger partial charge in [-0.15, -0.1) is 6.42 Å². The third-order valence-electron chi connectivity index (χ3n) is 3.77. The van der Waals surface area contributed by atoms with Gasteiger partial charge >= 0.3 is 0 Å². The van der Waals surface area contributed by atoms with Crippen molar-refractivity contribution in [3.8, 4) is 12.3 Å². The van der Waals surface area contributed by atoms with Crippen molar-refractivity contribution < 1.29 is 14.2 Å². The standard InChI is InChI=1S/C17H23FN2O2/c1-2-7-19-8-10-20(11-9-19)12-16(21)14-22-13-15-5-3-4-6-17(15)18/h1,3-6,16,21H,7-14H2. The van der Waals surface area contributed by atoms with E-state index in [2.05, 4.69) is 15.7 Å². The summed E-state index contributed by atoms with van der Waals surface area (Å²) >= 11 is 0. The Morgan fingerprint density at radius 3 is 2.59 bits per heavy atom. The molecule has 2 rings (SSSR count). The van der Waals surface area contributed by atoms with Crippen LogP contribution in [-0.2, 0) is 11.3 Å². The molecule has 1 aromatic carbocycles. The van der Waals surface area contributed by atoms with Gasteiger partial charge in [0.05, 0.1) is 25.9 Å². The molecule has 22 heavy (non-hydrogen) atoms. The van der Waals surface area contributed by atoms with Crippen molar-refractivity contribution in [2.45, 2.75) is 12.7 Å². The van der Waals surface area contributed by atoms with Crippen molar-refractivity contribution in [1.82, 2.24) is 9.80 Å². The molecule has 0 bridgehead atoms. The lowest BCUT2D eigenvalue weighted by Crippen LogP contribution is -2.49. The summed E-state index contributed by atoms with van der Waals surface area (Å²) in [6.45, 7) is 5.28. The zero-order chi connectivity index (χ0) is 15.8. The quantitative estimate of drug-likeness (QED) is 0.761. The predicted molar refractivity (Wildman–Crippen MR) is 83.8 cm³/mol. The molecule has 0 spiro atoms. The summed E-state index contributed by atoms with van der Waals surface area (Å²) in [5.41, 5.74) is 0.512. The number of hydrogen-bond acceptors (Lipinski definition) is 4. The molecule has 1 unspecified atom stereocenters. The molecule has 0 amide bonds. The van der Waals surface area contributed by atoms with Crippen molar-refractivity contribution in [3.63, 3.8) is 0 Å².